The van der Waals surface area contributed by atoms with Gasteiger partial charge < -0.3 is 4.74 Å². The standard InChI is InChI=1S/C25H20N4O4S/c1-33-19-7-8-20-21(13-19)34-25(27-20)28(15-16-4-3-11-26-14-16)24(32)17-5-2-6-18(12-17)29-22(30)9-10-23(29)31/h2-8,11-14H,9-10,15H2,1H3. The number of nitrogens with zero attached hydrogens (tertiary/aromatic N) is 4. The number of hydrogen-bond donors (Lipinski definition) is 0. The van der Waals surface area contributed by atoms with Crippen molar-refractivity contribution in [3.63, 3.8) is 0 Å². The zero-order valence-corrected chi connectivity index (χ0v) is 19.1. The number of anilines is 2. The number of amides is 3. The minimum absolute atomic E-state index is 0.180. The molecule has 170 valence electrons. The SMILES string of the molecule is COc1ccc2nc(N(Cc3cccnc3)C(=O)c3cccc(N4C(=O)CCC4=O)c3)sc2c1. The number of fused-ring (bicyclic) bond motifs is 1. The number of pyridine rings is 1. The molecule has 1 saturated heterocycles. The highest BCUT2D eigenvalue weighted by molar-refractivity contribution is 7.22. The maximum absolute atomic E-state index is 13.7. The summed E-state index contributed by atoms with van der Waals surface area (Å²) in [5, 5.41) is 0.524. The lowest BCUT2D eigenvalue weighted by Crippen LogP contribution is -2.31. The fourth-order valence-corrected chi connectivity index (χ4v) is 4.83. The van der Waals surface area contributed by atoms with Crippen LogP contribution < -0.4 is 14.5 Å². The molecule has 0 spiro atoms. The van der Waals surface area contributed by atoms with Gasteiger partial charge in [-0.3, -0.25) is 29.2 Å². The third-order valence-corrected chi connectivity index (χ3v) is 6.57. The summed E-state index contributed by atoms with van der Waals surface area (Å²) in [6.07, 6.45) is 3.74. The summed E-state index contributed by atoms with van der Waals surface area (Å²) in [6.45, 7) is 0.259. The number of methoxy groups -OCH3 is 1. The highest BCUT2D eigenvalue weighted by Crippen LogP contribution is 2.33. The molecule has 34 heavy (non-hydrogen) atoms. The number of imide groups is 1. The van der Waals surface area contributed by atoms with Crippen LogP contribution in [0.4, 0.5) is 10.8 Å². The minimum atomic E-state index is -0.296. The van der Waals surface area contributed by atoms with Crippen molar-refractivity contribution in [2.75, 3.05) is 16.9 Å². The van der Waals surface area contributed by atoms with Crippen LogP contribution >= 0.6 is 11.3 Å². The molecule has 1 aliphatic rings. The molecule has 0 atom stereocenters. The second-order valence-corrected chi connectivity index (χ2v) is 8.76. The molecule has 9 heteroatoms. The Balaban J connectivity index is 1.54. The van der Waals surface area contributed by atoms with Gasteiger partial charge in [0.05, 0.1) is 29.6 Å². The van der Waals surface area contributed by atoms with Gasteiger partial charge >= 0.3 is 0 Å². The Bertz CT molecular complexity index is 1390. The Kier molecular flexibility index (Phi) is 5.77. The number of rotatable bonds is 6. The van der Waals surface area contributed by atoms with Crippen LogP contribution in [0.25, 0.3) is 10.2 Å². The zero-order valence-electron chi connectivity index (χ0n) is 18.3. The van der Waals surface area contributed by atoms with Crippen molar-refractivity contribution >= 4 is 50.1 Å². The highest BCUT2D eigenvalue weighted by atomic mass is 32.1. The molecule has 3 heterocycles. The average Bonchev–Trinajstić information content (AvgIpc) is 3.44. The Labute approximate surface area is 199 Å². The molecule has 8 nitrogen and oxygen atoms in total. The van der Waals surface area contributed by atoms with Gasteiger partial charge in [0.15, 0.2) is 5.13 Å². The maximum atomic E-state index is 13.7. The van der Waals surface area contributed by atoms with Crippen LogP contribution in [0, 0.1) is 0 Å². The molecular weight excluding hydrogens is 452 g/mol. The lowest BCUT2D eigenvalue weighted by atomic mass is 10.1. The predicted octanol–water partition coefficient (Wildman–Crippen LogP) is 4.20. The first kappa shape index (κ1) is 21.7. The summed E-state index contributed by atoms with van der Waals surface area (Å²) >= 11 is 1.38. The fraction of sp³-hybridized carbons (Fsp3) is 0.160. The van der Waals surface area contributed by atoms with E-state index in [1.54, 1.807) is 48.7 Å². The van der Waals surface area contributed by atoms with Gasteiger partial charge in [-0.05, 0) is 48.0 Å². The molecule has 0 bridgehead atoms. The second kappa shape index (κ2) is 9.03. The lowest BCUT2D eigenvalue weighted by Gasteiger charge is -2.21. The molecular formula is C25H20N4O4S. The molecule has 3 amide bonds. The Morgan fingerprint density at radius 3 is 2.65 bits per heavy atom. The molecule has 0 radical (unpaired) electrons. The molecule has 0 aliphatic carbocycles. The molecule has 1 fully saturated rings. The Morgan fingerprint density at radius 1 is 1.09 bits per heavy atom. The minimum Gasteiger partial charge on any atom is -0.497 e. The van der Waals surface area contributed by atoms with E-state index in [4.69, 9.17) is 4.74 Å². The van der Waals surface area contributed by atoms with E-state index in [0.717, 1.165) is 20.7 Å². The van der Waals surface area contributed by atoms with Gasteiger partial charge in [0.1, 0.15) is 5.75 Å². The van der Waals surface area contributed by atoms with Gasteiger partial charge in [0.2, 0.25) is 11.8 Å². The summed E-state index contributed by atoms with van der Waals surface area (Å²) in [7, 11) is 1.60. The van der Waals surface area contributed by atoms with Gasteiger partial charge in [-0.25, -0.2) is 4.98 Å². The first-order valence-electron chi connectivity index (χ1n) is 10.6. The van der Waals surface area contributed by atoms with Crippen molar-refractivity contribution in [1.82, 2.24) is 9.97 Å². The smallest absolute Gasteiger partial charge is 0.260 e. The number of benzene rings is 2. The van der Waals surface area contributed by atoms with E-state index in [2.05, 4.69) is 9.97 Å². The van der Waals surface area contributed by atoms with Crippen LogP contribution in [-0.4, -0.2) is 34.8 Å². The van der Waals surface area contributed by atoms with Crippen molar-refractivity contribution in [2.45, 2.75) is 19.4 Å². The third-order valence-electron chi connectivity index (χ3n) is 5.53. The Morgan fingerprint density at radius 2 is 1.91 bits per heavy atom. The van der Waals surface area contributed by atoms with Gasteiger partial charge in [-0.2, -0.15) is 0 Å². The van der Waals surface area contributed by atoms with E-state index in [-0.39, 0.29) is 37.1 Å². The molecule has 0 N–H and O–H groups in total. The molecule has 0 unspecified atom stereocenters. The number of carbonyl (C=O) groups excluding carboxylic acids is 3. The summed E-state index contributed by atoms with van der Waals surface area (Å²) in [4.78, 5) is 49.7. The number of thiazole rings is 1. The highest BCUT2D eigenvalue weighted by Gasteiger charge is 2.31. The predicted molar refractivity (Wildman–Crippen MR) is 129 cm³/mol. The van der Waals surface area contributed by atoms with Crippen LogP contribution in [0.15, 0.2) is 67.0 Å². The Hall–Kier alpha value is -4.11. The van der Waals surface area contributed by atoms with Crippen LogP contribution in [0.3, 0.4) is 0 Å². The number of hydrogen-bond acceptors (Lipinski definition) is 7. The van der Waals surface area contributed by atoms with E-state index in [1.165, 1.54) is 11.3 Å². The largest absolute Gasteiger partial charge is 0.497 e. The second-order valence-electron chi connectivity index (χ2n) is 7.76. The monoisotopic (exact) mass is 472 g/mol. The average molecular weight is 473 g/mol. The number of ether oxygens (including phenoxy) is 1. The maximum Gasteiger partial charge on any atom is 0.260 e. The third kappa shape index (κ3) is 4.13. The van der Waals surface area contributed by atoms with Crippen molar-refractivity contribution in [3.8, 4) is 5.75 Å². The van der Waals surface area contributed by atoms with Gasteiger partial charge in [-0.1, -0.05) is 23.5 Å². The summed E-state index contributed by atoms with van der Waals surface area (Å²) in [6, 6.07) is 15.8. The van der Waals surface area contributed by atoms with E-state index in [0.29, 0.717) is 22.1 Å². The first-order chi connectivity index (χ1) is 16.5. The van der Waals surface area contributed by atoms with Crippen molar-refractivity contribution in [1.29, 1.82) is 0 Å². The normalized spacial score (nSPS) is 13.5. The fourth-order valence-electron chi connectivity index (χ4n) is 3.83. The lowest BCUT2D eigenvalue weighted by molar-refractivity contribution is -0.121. The molecule has 0 saturated carbocycles. The van der Waals surface area contributed by atoms with Crippen LogP contribution in [0.5, 0.6) is 5.75 Å². The van der Waals surface area contributed by atoms with Gasteiger partial charge in [0.25, 0.3) is 5.91 Å². The topological polar surface area (TPSA) is 92.7 Å². The van der Waals surface area contributed by atoms with E-state index in [1.807, 2.05) is 30.3 Å². The molecule has 1 aliphatic heterocycles. The number of carbonyl (C=O) groups is 3. The van der Waals surface area contributed by atoms with E-state index in [9.17, 15) is 14.4 Å². The molecule has 4 aromatic rings. The summed E-state index contributed by atoms with van der Waals surface area (Å²) in [5.41, 5.74) is 2.35. The van der Waals surface area contributed by atoms with Crippen molar-refractivity contribution in [3.05, 3.63) is 78.1 Å². The van der Waals surface area contributed by atoms with Crippen LogP contribution in [-0.2, 0) is 16.1 Å². The molecule has 2 aromatic carbocycles. The first-order valence-corrected chi connectivity index (χ1v) is 11.5. The summed E-state index contributed by atoms with van der Waals surface area (Å²) in [5.74, 6) is -0.111. The van der Waals surface area contributed by atoms with Crippen molar-refractivity contribution in [2.24, 2.45) is 0 Å². The van der Waals surface area contributed by atoms with Gasteiger partial charge in [0, 0.05) is 30.8 Å². The summed E-state index contributed by atoms with van der Waals surface area (Å²) < 4.78 is 6.20. The van der Waals surface area contributed by atoms with Gasteiger partial charge in [-0.15, -0.1) is 0 Å². The quantitative estimate of drug-likeness (QED) is 0.391. The van der Waals surface area contributed by atoms with Crippen LogP contribution in [0.2, 0.25) is 0 Å². The molecule has 5 rings (SSSR count). The molecule has 2 aromatic heterocycles. The van der Waals surface area contributed by atoms with Crippen molar-refractivity contribution < 1.29 is 19.1 Å². The number of aromatic nitrogens is 2. The van der Waals surface area contributed by atoms with E-state index >= 15 is 0 Å². The van der Waals surface area contributed by atoms with Crippen LogP contribution in [0.1, 0.15) is 28.8 Å². The zero-order chi connectivity index (χ0) is 23.7. The van der Waals surface area contributed by atoms with E-state index < -0.39 is 0 Å².